The zero-order valence-electron chi connectivity index (χ0n) is 22.2. The van der Waals surface area contributed by atoms with E-state index in [4.69, 9.17) is 4.74 Å². The molecule has 0 aliphatic carbocycles. The number of aromatic nitrogens is 2. The highest BCUT2D eigenvalue weighted by atomic mass is 19.1. The molecule has 0 bridgehead atoms. The zero-order chi connectivity index (χ0) is 25.4. The Morgan fingerprint density at radius 2 is 1.25 bits per heavy atom. The number of unbranched alkanes of at least 4 members (excludes halogenated alkanes) is 8. The molecule has 0 amide bonds. The zero-order valence-corrected chi connectivity index (χ0v) is 22.2. The van der Waals surface area contributed by atoms with E-state index in [0.717, 1.165) is 42.4 Å². The van der Waals surface area contributed by atoms with Crippen LogP contribution < -0.4 is 4.74 Å². The summed E-state index contributed by atoms with van der Waals surface area (Å²) >= 11 is 0. The van der Waals surface area contributed by atoms with Crippen LogP contribution in [0, 0.1) is 0 Å². The van der Waals surface area contributed by atoms with Crippen LogP contribution in [0.5, 0.6) is 5.75 Å². The Kier molecular flexibility index (Phi) is 12.4. The number of nitrogens with zero attached hydrogens (tertiary/aromatic N) is 2. The summed E-state index contributed by atoms with van der Waals surface area (Å²) < 4.78 is 19.5. The van der Waals surface area contributed by atoms with Crippen LogP contribution in [0.4, 0.5) is 4.39 Å². The standard InChI is InChI=1S/C32H43FN2O/c1-3-5-7-8-9-10-12-13-26-15-17-27(18-16-26)29-23-34-32(35-24-29)28-19-21-31(22-20-28)36-25-30(33)14-11-6-4-2/h15-24,30H,3-14,25H2,1-2H3. The van der Waals surface area contributed by atoms with Gasteiger partial charge < -0.3 is 4.74 Å². The predicted octanol–water partition coefficient (Wildman–Crippen LogP) is 9.40. The largest absolute Gasteiger partial charge is 0.491 e. The molecule has 2 aromatic carbocycles. The molecule has 3 aromatic rings. The third-order valence-corrected chi connectivity index (χ3v) is 6.67. The molecule has 1 atom stereocenters. The first kappa shape index (κ1) is 27.8. The van der Waals surface area contributed by atoms with Crippen LogP contribution in [0.15, 0.2) is 60.9 Å². The van der Waals surface area contributed by atoms with Crippen molar-refractivity contribution in [1.82, 2.24) is 9.97 Å². The maximum Gasteiger partial charge on any atom is 0.159 e. The second-order valence-corrected chi connectivity index (χ2v) is 9.79. The van der Waals surface area contributed by atoms with Crippen LogP contribution in [-0.4, -0.2) is 22.7 Å². The van der Waals surface area contributed by atoms with Crippen LogP contribution in [-0.2, 0) is 6.42 Å². The maximum absolute atomic E-state index is 13.9. The van der Waals surface area contributed by atoms with Crippen molar-refractivity contribution in [1.29, 1.82) is 0 Å². The summed E-state index contributed by atoms with van der Waals surface area (Å²) in [5, 5.41) is 0. The Balaban J connectivity index is 1.45. The van der Waals surface area contributed by atoms with Crippen molar-refractivity contribution in [2.45, 2.75) is 97.1 Å². The van der Waals surface area contributed by atoms with Gasteiger partial charge in [-0.25, -0.2) is 14.4 Å². The minimum atomic E-state index is -0.915. The number of benzene rings is 2. The number of halogens is 1. The van der Waals surface area contributed by atoms with Crippen LogP contribution in [0.3, 0.4) is 0 Å². The first-order valence-corrected chi connectivity index (χ1v) is 14.0. The summed E-state index contributed by atoms with van der Waals surface area (Å²) in [7, 11) is 0. The first-order valence-electron chi connectivity index (χ1n) is 14.0. The highest BCUT2D eigenvalue weighted by molar-refractivity contribution is 5.64. The van der Waals surface area contributed by atoms with Gasteiger partial charge in [-0.2, -0.15) is 0 Å². The molecule has 3 nitrogen and oxygen atoms in total. The van der Waals surface area contributed by atoms with Crippen LogP contribution in [0.2, 0.25) is 0 Å². The minimum Gasteiger partial charge on any atom is -0.491 e. The van der Waals surface area contributed by atoms with E-state index in [2.05, 4.69) is 48.1 Å². The Hall–Kier alpha value is -2.75. The van der Waals surface area contributed by atoms with Crippen molar-refractivity contribution in [2.24, 2.45) is 0 Å². The van der Waals surface area contributed by atoms with Gasteiger partial charge in [-0.3, -0.25) is 0 Å². The molecule has 194 valence electrons. The van der Waals surface area contributed by atoms with E-state index >= 15 is 0 Å². The lowest BCUT2D eigenvalue weighted by atomic mass is 10.0. The highest BCUT2D eigenvalue weighted by Crippen LogP contribution is 2.23. The van der Waals surface area contributed by atoms with Crippen molar-refractivity contribution >= 4 is 0 Å². The molecule has 1 heterocycles. The van der Waals surface area contributed by atoms with Gasteiger partial charge in [-0.05, 0) is 54.7 Å². The van der Waals surface area contributed by atoms with Crippen molar-refractivity contribution in [3.8, 4) is 28.3 Å². The van der Waals surface area contributed by atoms with E-state index in [-0.39, 0.29) is 6.61 Å². The lowest BCUT2D eigenvalue weighted by molar-refractivity contribution is 0.184. The molecule has 0 spiro atoms. The number of aryl methyl sites for hydroxylation is 1. The minimum absolute atomic E-state index is 0.103. The average molecular weight is 491 g/mol. The number of hydrogen-bond donors (Lipinski definition) is 0. The lowest BCUT2D eigenvalue weighted by Crippen LogP contribution is -2.12. The highest BCUT2D eigenvalue weighted by Gasteiger charge is 2.08. The predicted molar refractivity (Wildman–Crippen MR) is 149 cm³/mol. The molecule has 0 fully saturated rings. The van der Waals surface area contributed by atoms with E-state index in [0.29, 0.717) is 18.0 Å². The van der Waals surface area contributed by atoms with Gasteiger partial charge in [0.15, 0.2) is 5.82 Å². The first-order chi connectivity index (χ1) is 17.7. The van der Waals surface area contributed by atoms with E-state index in [9.17, 15) is 4.39 Å². The number of ether oxygens (including phenoxy) is 1. The number of rotatable bonds is 17. The van der Waals surface area contributed by atoms with Gasteiger partial charge >= 0.3 is 0 Å². The van der Waals surface area contributed by atoms with Gasteiger partial charge in [0.1, 0.15) is 18.5 Å². The maximum atomic E-state index is 13.9. The fraction of sp³-hybridized carbons (Fsp3) is 0.500. The summed E-state index contributed by atoms with van der Waals surface area (Å²) in [5.41, 5.74) is 4.46. The normalized spacial score (nSPS) is 12.0. The fourth-order valence-electron chi connectivity index (χ4n) is 4.36. The second-order valence-electron chi connectivity index (χ2n) is 9.79. The van der Waals surface area contributed by atoms with Gasteiger partial charge in [0.2, 0.25) is 0 Å². The molecule has 0 radical (unpaired) electrons. The van der Waals surface area contributed by atoms with E-state index < -0.39 is 6.17 Å². The third kappa shape index (κ3) is 9.72. The summed E-state index contributed by atoms with van der Waals surface area (Å²) in [5.74, 6) is 1.34. The van der Waals surface area contributed by atoms with Crippen LogP contribution >= 0.6 is 0 Å². The SMILES string of the molecule is CCCCCCCCCc1ccc(-c2cnc(-c3ccc(OCC(F)CCCCC)cc3)nc2)cc1. The van der Waals surface area contributed by atoms with E-state index in [1.165, 1.54) is 50.5 Å². The average Bonchev–Trinajstić information content (AvgIpc) is 2.92. The molecule has 1 aromatic heterocycles. The van der Waals surface area contributed by atoms with Crippen molar-refractivity contribution in [3.05, 3.63) is 66.5 Å². The van der Waals surface area contributed by atoms with Crippen molar-refractivity contribution < 1.29 is 9.13 Å². The van der Waals surface area contributed by atoms with Gasteiger partial charge in [0.05, 0.1) is 0 Å². The van der Waals surface area contributed by atoms with Gasteiger partial charge in [-0.1, -0.05) is 95.9 Å². The Morgan fingerprint density at radius 3 is 1.92 bits per heavy atom. The molecular formula is C32H43FN2O. The van der Waals surface area contributed by atoms with Gasteiger partial charge in [-0.15, -0.1) is 0 Å². The molecular weight excluding hydrogens is 447 g/mol. The van der Waals surface area contributed by atoms with Gasteiger partial charge in [0, 0.05) is 23.5 Å². The van der Waals surface area contributed by atoms with Crippen molar-refractivity contribution in [3.63, 3.8) is 0 Å². The lowest BCUT2D eigenvalue weighted by Gasteiger charge is -2.11. The molecule has 3 rings (SSSR count). The fourth-order valence-corrected chi connectivity index (χ4v) is 4.36. The molecule has 1 unspecified atom stereocenters. The number of alkyl halides is 1. The van der Waals surface area contributed by atoms with E-state index in [1.54, 1.807) is 0 Å². The van der Waals surface area contributed by atoms with Gasteiger partial charge in [0.25, 0.3) is 0 Å². The molecule has 0 aliphatic heterocycles. The summed E-state index contributed by atoms with van der Waals surface area (Å²) in [6.07, 6.45) is 17.0. The van der Waals surface area contributed by atoms with Crippen molar-refractivity contribution in [2.75, 3.05) is 6.61 Å². The molecule has 0 saturated heterocycles. The second kappa shape index (κ2) is 16.1. The van der Waals surface area contributed by atoms with Crippen LogP contribution in [0.25, 0.3) is 22.5 Å². The Morgan fingerprint density at radius 1 is 0.667 bits per heavy atom. The summed E-state index contributed by atoms with van der Waals surface area (Å²) in [4.78, 5) is 9.15. The monoisotopic (exact) mass is 490 g/mol. The van der Waals surface area contributed by atoms with Crippen LogP contribution in [0.1, 0.15) is 90.0 Å². The molecule has 4 heteroatoms. The molecule has 0 saturated carbocycles. The summed E-state index contributed by atoms with van der Waals surface area (Å²) in [6.45, 7) is 4.49. The topological polar surface area (TPSA) is 35.0 Å². The Bertz CT molecular complexity index is 971. The summed E-state index contributed by atoms with van der Waals surface area (Å²) in [6, 6.07) is 16.4. The number of hydrogen-bond acceptors (Lipinski definition) is 3. The molecule has 0 aliphatic rings. The Labute approximate surface area is 217 Å². The quantitative estimate of drug-likeness (QED) is 0.177. The smallest absolute Gasteiger partial charge is 0.159 e. The molecule has 0 N–H and O–H groups in total. The van der Waals surface area contributed by atoms with E-state index in [1.807, 2.05) is 36.7 Å². The third-order valence-electron chi connectivity index (χ3n) is 6.67. The molecule has 36 heavy (non-hydrogen) atoms.